The number of amides is 1. The smallest absolute Gasteiger partial charge is 0.326 e. The molecule has 2 heterocycles. The molecular weight excluding hydrogens is 317 g/mol. The van der Waals surface area contributed by atoms with Crippen molar-refractivity contribution in [2.75, 3.05) is 13.1 Å². The highest BCUT2D eigenvalue weighted by Crippen LogP contribution is 2.34. The maximum atomic E-state index is 12.6. The quantitative estimate of drug-likeness (QED) is 0.830. The van der Waals surface area contributed by atoms with E-state index in [-0.39, 0.29) is 24.5 Å². The summed E-state index contributed by atoms with van der Waals surface area (Å²) >= 11 is 0. The largest absolute Gasteiger partial charge is 0.471 e. The Morgan fingerprint density at radius 2 is 1.64 bits per heavy atom. The Morgan fingerprint density at radius 3 is 2.14 bits per heavy atom. The van der Waals surface area contributed by atoms with E-state index >= 15 is 0 Å². The molecule has 0 aliphatic carbocycles. The van der Waals surface area contributed by atoms with Gasteiger partial charge < -0.3 is 4.90 Å². The van der Waals surface area contributed by atoms with E-state index in [2.05, 4.69) is 4.90 Å². The summed E-state index contributed by atoms with van der Waals surface area (Å²) in [5.41, 5.74) is 1.15. The Labute approximate surface area is 133 Å². The molecule has 2 aliphatic heterocycles. The van der Waals surface area contributed by atoms with Crippen LogP contribution in [0.4, 0.5) is 13.2 Å². The first kappa shape index (κ1) is 17.1. The van der Waals surface area contributed by atoms with Crippen molar-refractivity contribution >= 4 is 18.3 Å². The lowest BCUT2D eigenvalue weighted by Crippen LogP contribution is -2.58. The van der Waals surface area contributed by atoms with Crippen molar-refractivity contribution in [3.8, 4) is 0 Å². The second kappa shape index (κ2) is 6.46. The predicted molar refractivity (Wildman–Crippen MR) is 78.7 cm³/mol. The van der Waals surface area contributed by atoms with Crippen LogP contribution in [-0.4, -0.2) is 47.1 Å². The molecule has 0 N–H and O–H groups in total. The minimum Gasteiger partial charge on any atom is -0.326 e. The van der Waals surface area contributed by atoms with Crippen LogP contribution in [0.15, 0.2) is 30.3 Å². The molecule has 3 rings (SSSR count). The highest BCUT2D eigenvalue weighted by molar-refractivity contribution is 5.85. The fourth-order valence-corrected chi connectivity index (χ4v) is 3.44. The molecule has 3 nitrogen and oxygen atoms in total. The van der Waals surface area contributed by atoms with Crippen molar-refractivity contribution in [3.63, 3.8) is 0 Å². The number of halogens is 4. The van der Waals surface area contributed by atoms with Crippen LogP contribution >= 0.6 is 12.4 Å². The van der Waals surface area contributed by atoms with Gasteiger partial charge in [-0.2, -0.15) is 13.2 Å². The zero-order valence-corrected chi connectivity index (χ0v) is 12.7. The fourth-order valence-electron chi connectivity index (χ4n) is 3.44. The number of fused-ring (bicyclic) bond motifs is 2. The van der Waals surface area contributed by atoms with E-state index in [0.29, 0.717) is 25.9 Å². The lowest BCUT2D eigenvalue weighted by Gasteiger charge is -2.41. The zero-order valence-electron chi connectivity index (χ0n) is 11.9. The highest BCUT2D eigenvalue weighted by atomic mass is 35.5. The number of benzene rings is 1. The summed E-state index contributed by atoms with van der Waals surface area (Å²) in [6, 6.07) is 9.25. The van der Waals surface area contributed by atoms with Gasteiger partial charge in [-0.05, 0) is 18.4 Å². The number of hydrogen-bond acceptors (Lipinski definition) is 2. The molecular formula is C15H18ClF3N2O. The third-order valence-corrected chi connectivity index (χ3v) is 4.28. The predicted octanol–water partition coefficient (Wildman–Crippen LogP) is 2.85. The minimum absolute atomic E-state index is 0. The van der Waals surface area contributed by atoms with Crippen LogP contribution in [0.3, 0.4) is 0 Å². The van der Waals surface area contributed by atoms with Crippen LogP contribution in [-0.2, 0) is 11.3 Å². The number of carbonyl (C=O) groups excluding carboxylic acids is 1. The Kier molecular flexibility index (Phi) is 5.02. The molecule has 22 heavy (non-hydrogen) atoms. The van der Waals surface area contributed by atoms with Gasteiger partial charge in [-0.25, -0.2) is 0 Å². The summed E-state index contributed by atoms with van der Waals surface area (Å²) in [6.07, 6.45) is -3.43. The fraction of sp³-hybridized carbons (Fsp3) is 0.533. The molecule has 122 valence electrons. The summed E-state index contributed by atoms with van der Waals surface area (Å²) < 4.78 is 37.9. The summed E-state index contributed by atoms with van der Waals surface area (Å²) in [5.74, 6) is -1.67. The van der Waals surface area contributed by atoms with Gasteiger partial charge in [-0.1, -0.05) is 30.3 Å². The molecule has 0 saturated carbocycles. The second-order valence-electron chi connectivity index (χ2n) is 5.77. The number of rotatable bonds is 2. The molecule has 2 atom stereocenters. The van der Waals surface area contributed by atoms with E-state index < -0.39 is 12.1 Å². The van der Waals surface area contributed by atoms with Crippen molar-refractivity contribution in [1.29, 1.82) is 0 Å². The van der Waals surface area contributed by atoms with E-state index in [0.717, 1.165) is 17.0 Å². The summed E-state index contributed by atoms with van der Waals surface area (Å²) in [4.78, 5) is 14.7. The van der Waals surface area contributed by atoms with Crippen LogP contribution in [0, 0.1) is 0 Å². The van der Waals surface area contributed by atoms with Gasteiger partial charge in [-0.15, -0.1) is 12.4 Å². The van der Waals surface area contributed by atoms with Crippen LogP contribution in [0.2, 0.25) is 0 Å². The first-order chi connectivity index (χ1) is 9.95. The van der Waals surface area contributed by atoms with Crippen LogP contribution in [0.5, 0.6) is 0 Å². The molecule has 2 unspecified atom stereocenters. The third kappa shape index (κ3) is 3.38. The Morgan fingerprint density at radius 1 is 1.09 bits per heavy atom. The van der Waals surface area contributed by atoms with Crippen molar-refractivity contribution in [2.45, 2.75) is 37.6 Å². The van der Waals surface area contributed by atoms with Gasteiger partial charge in [-0.3, -0.25) is 9.69 Å². The minimum atomic E-state index is -4.76. The molecule has 0 aromatic heterocycles. The number of likely N-dealkylation sites (tertiary alicyclic amines) is 1. The molecule has 1 aromatic rings. The van der Waals surface area contributed by atoms with Crippen molar-refractivity contribution in [1.82, 2.24) is 9.80 Å². The SMILES string of the molecule is Cl.O=C(N1C2CCC1CN(Cc1ccccc1)C2)C(F)(F)F. The van der Waals surface area contributed by atoms with Crippen molar-refractivity contribution < 1.29 is 18.0 Å². The van der Waals surface area contributed by atoms with Crippen molar-refractivity contribution in [2.24, 2.45) is 0 Å². The van der Waals surface area contributed by atoms with Crippen LogP contribution in [0.25, 0.3) is 0 Å². The molecule has 2 aliphatic rings. The molecule has 2 saturated heterocycles. The number of nitrogens with zero attached hydrogens (tertiary/aromatic N) is 2. The van der Waals surface area contributed by atoms with Gasteiger partial charge in [0.05, 0.1) is 0 Å². The number of carbonyl (C=O) groups is 1. The lowest BCUT2D eigenvalue weighted by molar-refractivity contribution is -0.191. The first-order valence-electron chi connectivity index (χ1n) is 7.11. The molecule has 2 bridgehead atoms. The van der Waals surface area contributed by atoms with E-state index in [1.807, 2.05) is 30.3 Å². The molecule has 0 radical (unpaired) electrons. The average molecular weight is 335 g/mol. The van der Waals surface area contributed by atoms with Crippen molar-refractivity contribution in [3.05, 3.63) is 35.9 Å². The maximum absolute atomic E-state index is 12.6. The van der Waals surface area contributed by atoms with Gasteiger partial charge in [0.2, 0.25) is 0 Å². The Hall–Kier alpha value is -1.27. The van der Waals surface area contributed by atoms with Gasteiger partial charge in [0.15, 0.2) is 0 Å². The molecule has 1 aromatic carbocycles. The van der Waals surface area contributed by atoms with E-state index in [1.165, 1.54) is 0 Å². The topological polar surface area (TPSA) is 23.6 Å². The zero-order chi connectivity index (χ0) is 15.0. The third-order valence-electron chi connectivity index (χ3n) is 4.28. The summed E-state index contributed by atoms with van der Waals surface area (Å²) in [7, 11) is 0. The van der Waals surface area contributed by atoms with Gasteiger partial charge in [0.25, 0.3) is 0 Å². The normalized spacial score (nSPS) is 25.0. The molecule has 7 heteroatoms. The highest BCUT2D eigenvalue weighted by Gasteiger charge is 2.51. The lowest BCUT2D eigenvalue weighted by atomic mass is 10.1. The Bertz CT molecular complexity index is 509. The number of hydrogen-bond donors (Lipinski definition) is 0. The standard InChI is InChI=1S/C15H17F3N2O.ClH/c16-15(17,18)14(21)20-12-6-7-13(20)10-19(9-12)8-11-4-2-1-3-5-11;/h1-5,12-13H,6-10H2;1H. The van der Waals surface area contributed by atoms with Crippen LogP contribution in [0.1, 0.15) is 18.4 Å². The van der Waals surface area contributed by atoms with Gasteiger partial charge in [0.1, 0.15) is 0 Å². The van der Waals surface area contributed by atoms with E-state index in [4.69, 9.17) is 0 Å². The Balaban J connectivity index is 0.00000176. The number of piperazine rings is 1. The summed E-state index contributed by atoms with van der Waals surface area (Å²) in [5, 5.41) is 0. The van der Waals surface area contributed by atoms with Gasteiger partial charge >= 0.3 is 12.1 Å². The molecule has 2 fully saturated rings. The summed E-state index contributed by atoms with van der Waals surface area (Å²) in [6.45, 7) is 1.77. The number of alkyl halides is 3. The van der Waals surface area contributed by atoms with Crippen LogP contribution < -0.4 is 0 Å². The molecule has 1 amide bonds. The van der Waals surface area contributed by atoms with E-state index in [1.54, 1.807) is 0 Å². The first-order valence-corrected chi connectivity index (χ1v) is 7.11. The van der Waals surface area contributed by atoms with E-state index in [9.17, 15) is 18.0 Å². The van der Waals surface area contributed by atoms with Gasteiger partial charge in [0, 0.05) is 31.7 Å². The molecule has 0 spiro atoms. The average Bonchev–Trinajstić information content (AvgIpc) is 2.69. The second-order valence-corrected chi connectivity index (χ2v) is 5.77. The monoisotopic (exact) mass is 334 g/mol. The maximum Gasteiger partial charge on any atom is 0.471 e.